The predicted octanol–water partition coefficient (Wildman–Crippen LogP) is 5.03. The maximum Gasteiger partial charge on any atom is 0.316 e. The van der Waals surface area contributed by atoms with Gasteiger partial charge >= 0.3 is 5.97 Å². The molecule has 5 nitrogen and oxygen atoms in total. The molecule has 0 aliphatic heterocycles. The third kappa shape index (κ3) is 4.76. The lowest BCUT2D eigenvalue weighted by molar-refractivity contribution is -0.139. The second-order valence-electron chi connectivity index (χ2n) is 8.65. The Balaban J connectivity index is 1.83. The van der Waals surface area contributed by atoms with Crippen LogP contribution in [0.5, 0.6) is 0 Å². The van der Waals surface area contributed by atoms with Crippen LogP contribution < -0.4 is 5.56 Å². The minimum Gasteiger partial charge on any atom is -0.465 e. The predicted molar refractivity (Wildman–Crippen MR) is 133 cm³/mol. The number of carbonyl (C=O) groups is 1. The first-order valence-electron chi connectivity index (χ1n) is 11.5. The van der Waals surface area contributed by atoms with Crippen molar-refractivity contribution >= 4 is 17.7 Å². The van der Waals surface area contributed by atoms with Gasteiger partial charge in [-0.3, -0.25) is 14.2 Å². The lowest BCUT2D eigenvalue weighted by atomic mass is 9.69. The molecule has 3 aromatic rings. The molecule has 1 aromatic heterocycles. The van der Waals surface area contributed by atoms with E-state index in [2.05, 4.69) is 32.0 Å². The maximum absolute atomic E-state index is 14.0. The highest BCUT2D eigenvalue weighted by atomic mass is 32.2. The summed E-state index contributed by atoms with van der Waals surface area (Å²) in [5.74, 6) is -0.181. The topological polar surface area (TPSA) is 61.2 Å². The zero-order chi connectivity index (χ0) is 23.4. The lowest BCUT2D eigenvalue weighted by Gasteiger charge is -2.35. The van der Waals surface area contributed by atoms with Crippen LogP contribution in [-0.2, 0) is 34.3 Å². The second kappa shape index (κ2) is 9.96. The minimum absolute atomic E-state index is 0.00106. The highest BCUT2D eigenvalue weighted by Gasteiger charge is 2.38. The zero-order valence-electron chi connectivity index (χ0n) is 19.5. The summed E-state index contributed by atoms with van der Waals surface area (Å²) < 4.78 is 6.87. The van der Waals surface area contributed by atoms with E-state index in [4.69, 9.17) is 9.72 Å². The van der Waals surface area contributed by atoms with Gasteiger partial charge in [0.1, 0.15) is 0 Å². The van der Waals surface area contributed by atoms with Crippen molar-refractivity contribution in [1.29, 1.82) is 0 Å². The van der Waals surface area contributed by atoms with Gasteiger partial charge in [0.15, 0.2) is 5.16 Å². The fraction of sp³-hybridized carbons (Fsp3) is 0.370. The van der Waals surface area contributed by atoms with Crippen LogP contribution in [0.2, 0.25) is 0 Å². The molecule has 0 spiro atoms. The fourth-order valence-corrected chi connectivity index (χ4v) is 5.33. The van der Waals surface area contributed by atoms with E-state index in [1.165, 1.54) is 17.3 Å². The van der Waals surface area contributed by atoms with Gasteiger partial charge in [-0.05, 0) is 37.3 Å². The van der Waals surface area contributed by atoms with Crippen molar-refractivity contribution in [3.8, 4) is 11.3 Å². The molecule has 0 saturated heterocycles. The van der Waals surface area contributed by atoms with Crippen LogP contribution >= 0.6 is 11.8 Å². The molecule has 0 bridgehead atoms. The first-order chi connectivity index (χ1) is 16.0. The first kappa shape index (κ1) is 23.3. The van der Waals surface area contributed by atoms with Gasteiger partial charge < -0.3 is 4.74 Å². The number of rotatable bonds is 8. The molecule has 0 amide bonds. The summed E-state index contributed by atoms with van der Waals surface area (Å²) in [6.07, 6.45) is 2.38. The standard InChI is InChI=1S/C27H30N2O3S/c1-4-27(3)17-20-13-9-10-14-21(20)24-23(27)25(31)29(16-15-19-11-7-6-8-12-19)26(28-24)33-18-22(30)32-5-2/h6-14H,4-5,15-18H2,1-3H3/t27-/m1/s1. The van der Waals surface area contributed by atoms with Crippen LogP contribution in [0.4, 0.5) is 0 Å². The van der Waals surface area contributed by atoms with Crippen molar-refractivity contribution in [1.82, 2.24) is 9.55 Å². The average molecular weight is 463 g/mol. The van der Waals surface area contributed by atoms with Gasteiger partial charge in [0, 0.05) is 17.5 Å². The van der Waals surface area contributed by atoms with E-state index in [0.717, 1.165) is 35.2 Å². The van der Waals surface area contributed by atoms with Crippen molar-refractivity contribution in [2.24, 2.45) is 0 Å². The van der Waals surface area contributed by atoms with Gasteiger partial charge in [-0.1, -0.05) is 80.2 Å². The summed E-state index contributed by atoms with van der Waals surface area (Å²) in [7, 11) is 0. The van der Waals surface area contributed by atoms with Gasteiger partial charge in [-0.15, -0.1) is 0 Å². The highest BCUT2D eigenvalue weighted by molar-refractivity contribution is 7.99. The Labute approximate surface area is 199 Å². The number of esters is 1. The van der Waals surface area contributed by atoms with Gasteiger partial charge in [0.2, 0.25) is 0 Å². The Kier molecular flexibility index (Phi) is 7.03. The molecule has 4 rings (SSSR count). The number of ether oxygens (including phenoxy) is 1. The number of aromatic nitrogens is 2. The maximum atomic E-state index is 14.0. The van der Waals surface area contributed by atoms with Crippen LogP contribution in [0.1, 0.15) is 43.9 Å². The number of thioether (sulfide) groups is 1. The van der Waals surface area contributed by atoms with Crippen molar-refractivity contribution in [2.75, 3.05) is 12.4 Å². The van der Waals surface area contributed by atoms with Gasteiger partial charge in [0.05, 0.1) is 23.6 Å². The Morgan fingerprint density at radius 3 is 2.58 bits per heavy atom. The van der Waals surface area contributed by atoms with Crippen molar-refractivity contribution in [2.45, 2.75) is 57.1 Å². The number of fused-ring (bicyclic) bond motifs is 3. The normalized spacial score (nSPS) is 16.7. The number of hydrogen-bond donors (Lipinski definition) is 0. The summed E-state index contributed by atoms with van der Waals surface area (Å²) in [6, 6.07) is 18.3. The van der Waals surface area contributed by atoms with Crippen LogP contribution in [0.25, 0.3) is 11.3 Å². The van der Waals surface area contributed by atoms with E-state index in [-0.39, 0.29) is 22.7 Å². The molecule has 0 N–H and O–H groups in total. The average Bonchev–Trinajstić information content (AvgIpc) is 2.83. The molecule has 0 fully saturated rings. The number of aryl methyl sites for hydroxylation is 1. The molecule has 6 heteroatoms. The van der Waals surface area contributed by atoms with Crippen molar-refractivity contribution in [3.05, 3.63) is 81.6 Å². The van der Waals surface area contributed by atoms with Gasteiger partial charge in [0.25, 0.3) is 5.56 Å². The summed E-state index contributed by atoms with van der Waals surface area (Å²) in [5, 5.41) is 0.567. The van der Waals surface area contributed by atoms with E-state index in [1.807, 2.05) is 36.4 Å². The summed E-state index contributed by atoms with van der Waals surface area (Å²) in [6.45, 7) is 6.93. The summed E-state index contributed by atoms with van der Waals surface area (Å²) in [5.41, 5.74) is 4.65. The number of carbonyl (C=O) groups excluding carboxylic acids is 1. The number of nitrogens with zero attached hydrogens (tertiary/aromatic N) is 2. The summed E-state index contributed by atoms with van der Waals surface area (Å²) >= 11 is 1.28. The van der Waals surface area contributed by atoms with E-state index in [1.54, 1.807) is 11.5 Å². The Hall–Kier alpha value is -2.86. The molecule has 172 valence electrons. The van der Waals surface area contributed by atoms with Crippen LogP contribution in [0.3, 0.4) is 0 Å². The fourth-order valence-electron chi connectivity index (χ4n) is 4.51. The quantitative estimate of drug-likeness (QED) is 0.267. The zero-order valence-corrected chi connectivity index (χ0v) is 20.3. The highest BCUT2D eigenvalue weighted by Crippen LogP contribution is 2.42. The first-order valence-corrected chi connectivity index (χ1v) is 12.5. The number of benzene rings is 2. The third-order valence-electron chi connectivity index (χ3n) is 6.46. The molecule has 1 aliphatic carbocycles. The van der Waals surface area contributed by atoms with E-state index in [9.17, 15) is 9.59 Å². The van der Waals surface area contributed by atoms with Crippen LogP contribution in [0.15, 0.2) is 64.5 Å². The molecular formula is C27H30N2O3S. The molecule has 2 aromatic carbocycles. The monoisotopic (exact) mass is 462 g/mol. The molecule has 0 unspecified atom stereocenters. The largest absolute Gasteiger partial charge is 0.465 e. The Bertz CT molecular complexity index is 1210. The van der Waals surface area contributed by atoms with E-state index >= 15 is 0 Å². The number of hydrogen-bond acceptors (Lipinski definition) is 5. The molecule has 0 radical (unpaired) electrons. The summed E-state index contributed by atoms with van der Waals surface area (Å²) in [4.78, 5) is 31.1. The molecule has 1 atom stereocenters. The second-order valence-corrected chi connectivity index (χ2v) is 9.59. The lowest BCUT2D eigenvalue weighted by Crippen LogP contribution is -2.40. The third-order valence-corrected chi connectivity index (χ3v) is 7.41. The van der Waals surface area contributed by atoms with Gasteiger partial charge in [-0.25, -0.2) is 4.98 Å². The van der Waals surface area contributed by atoms with Crippen LogP contribution in [-0.4, -0.2) is 27.9 Å². The van der Waals surface area contributed by atoms with Crippen LogP contribution in [0, 0.1) is 0 Å². The molecule has 1 heterocycles. The Morgan fingerprint density at radius 1 is 1.12 bits per heavy atom. The van der Waals surface area contributed by atoms with Gasteiger partial charge in [-0.2, -0.15) is 0 Å². The molecule has 1 aliphatic rings. The molecule has 33 heavy (non-hydrogen) atoms. The molecular weight excluding hydrogens is 432 g/mol. The van der Waals surface area contributed by atoms with E-state index < -0.39 is 0 Å². The smallest absolute Gasteiger partial charge is 0.316 e. The Morgan fingerprint density at radius 2 is 1.85 bits per heavy atom. The minimum atomic E-state index is -0.303. The van der Waals surface area contributed by atoms with Crippen molar-refractivity contribution in [3.63, 3.8) is 0 Å². The van der Waals surface area contributed by atoms with Crippen molar-refractivity contribution < 1.29 is 9.53 Å². The molecule has 0 saturated carbocycles. The van der Waals surface area contributed by atoms with E-state index in [0.29, 0.717) is 24.7 Å². The SMILES string of the molecule is CCOC(=O)CSc1nc2c(c(=O)n1CCc1ccccc1)[C@](C)(CC)Cc1ccccc1-2.